The molecule has 4 heteroatoms. The van der Waals surface area contributed by atoms with Gasteiger partial charge in [0.05, 0.1) is 0 Å². The van der Waals surface area contributed by atoms with E-state index in [-0.39, 0.29) is 0 Å². The fraction of sp³-hybridized carbons (Fsp3) is 0.600. The summed E-state index contributed by atoms with van der Waals surface area (Å²) in [5.41, 5.74) is 1.10. The molecule has 0 aromatic heterocycles. The fourth-order valence-corrected chi connectivity index (χ4v) is 3.37. The summed E-state index contributed by atoms with van der Waals surface area (Å²) >= 11 is 12.8. The van der Waals surface area contributed by atoms with Gasteiger partial charge in [-0.15, -0.1) is 0 Å². The number of hydrogen-bond donors (Lipinski definition) is 1. The van der Waals surface area contributed by atoms with E-state index in [0.29, 0.717) is 12.0 Å². The minimum atomic E-state index is 0.322. The molecule has 106 valence electrons. The highest BCUT2D eigenvalue weighted by Gasteiger charge is 2.26. The first-order valence-corrected chi connectivity index (χ1v) is 7.74. The average Bonchev–Trinajstić information content (AvgIpc) is 2.38. The highest BCUT2D eigenvalue weighted by molar-refractivity contribution is 6.36. The Kier molecular flexibility index (Phi) is 5.52. The summed E-state index contributed by atoms with van der Waals surface area (Å²) in [4.78, 5) is 2.50. The zero-order valence-corrected chi connectivity index (χ0v) is 13.1. The number of benzene rings is 1. The number of nitrogens with one attached hydrogen (secondary N) is 1. The molecule has 1 aliphatic heterocycles. The van der Waals surface area contributed by atoms with E-state index in [1.165, 1.54) is 0 Å². The molecule has 0 unspecified atom stereocenters. The SMILES string of the molecule is CC(C)C[C@@H](c1c(Cl)cccc1Cl)N1CCNCC1. The molecule has 0 bridgehead atoms. The Morgan fingerprint density at radius 1 is 1.16 bits per heavy atom. The Morgan fingerprint density at radius 3 is 2.26 bits per heavy atom. The second-order valence-electron chi connectivity index (χ2n) is 5.57. The van der Waals surface area contributed by atoms with Gasteiger partial charge in [-0.3, -0.25) is 4.90 Å². The molecule has 1 N–H and O–H groups in total. The maximum atomic E-state index is 6.40. The van der Waals surface area contributed by atoms with Crippen LogP contribution in [0.1, 0.15) is 31.9 Å². The first-order chi connectivity index (χ1) is 9.09. The van der Waals surface area contributed by atoms with Crippen molar-refractivity contribution in [1.29, 1.82) is 0 Å². The molecule has 2 nitrogen and oxygen atoms in total. The van der Waals surface area contributed by atoms with Crippen molar-refractivity contribution in [1.82, 2.24) is 10.2 Å². The van der Waals surface area contributed by atoms with Gasteiger partial charge in [0, 0.05) is 47.8 Å². The van der Waals surface area contributed by atoms with Crippen LogP contribution >= 0.6 is 23.2 Å². The number of piperazine rings is 1. The Bertz CT molecular complexity index is 394. The first kappa shape index (κ1) is 15.1. The molecular formula is C15H22Cl2N2. The van der Waals surface area contributed by atoms with Crippen LogP contribution in [0.15, 0.2) is 18.2 Å². The van der Waals surface area contributed by atoms with Crippen molar-refractivity contribution in [3.05, 3.63) is 33.8 Å². The maximum Gasteiger partial charge on any atom is 0.0468 e. The van der Waals surface area contributed by atoms with Crippen molar-refractivity contribution >= 4 is 23.2 Å². The van der Waals surface area contributed by atoms with Gasteiger partial charge in [0.15, 0.2) is 0 Å². The average molecular weight is 301 g/mol. The summed E-state index contributed by atoms with van der Waals surface area (Å²) in [6, 6.07) is 6.12. The van der Waals surface area contributed by atoms with E-state index >= 15 is 0 Å². The molecule has 1 aromatic carbocycles. The van der Waals surface area contributed by atoms with Crippen molar-refractivity contribution in [2.45, 2.75) is 26.3 Å². The van der Waals surface area contributed by atoms with Crippen LogP contribution in [0.4, 0.5) is 0 Å². The van der Waals surface area contributed by atoms with E-state index in [4.69, 9.17) is 23.2 Å². The maximum absolute atomic E-state index is 6.40. The predicted molar refractivity (Wildman–Crippen MR) is 83.1 cm³/mol. The number of hydrogen-bond acceptors (Lipinski definition) is 2. The Hall–Kier alpha value is -0.280. The van der Waals surface area contributed by atoms with Gasteiger partial charge in [-0.2, -0.15) is 0 Å². The van der Waals surface area contributed by atoms with Crippen LogP contribution in [0.5, 0.6) is 0 Å². The third-order valence-corrected chi connectivity index (χ3v) is 4.28. The highest BCUT2D eigenvalue weighted by atomic mass is 35.5. The molecule has 19 heavy (non-hydrogen) atoms. The van der Waals surface area contributed by atoms with Crippen LogP contribution in [-0.4, -0.2) is 31.1 Å². The summed E-state index contributed by atoms with van der Waals surface area (Å²) in [6.45, 7) is 8.69. The van der Waals surface area contributed by atoms with Gasteiger partial charge in [-0.05, 0) is 24.5 Å². The molecular weight excluding hydrogens is 279 g/mol. The van der Waals surface area contributed by atoms with Crippen LogP contribution in [0.25, 0.3) is 0 Å². The molecule has 1 heterocycles. The van der Waals surface area contributed by atoms with E-state index < -0.39 is 0 Å². The van der Waals surface area contributed by atoms with Gasteiger partial charge in [-0.25, -0.2) is 0 Å². The summed E-state index contributed by atoms with van der Waals surface area (Å²) in [5.74, 6) is 0.618. The van der Waals surface area contributed by atoms with E-state index in [2.05, 4.69) is 24.1 Å². The zero-order valence-electron chi connectivity index (χ0n) is 11.6. The third-order valence-electron chi connectivity index (χ3n) is 3.62. The molecule has 0 radical (unpaired) electrons. The lowest BCUT2D eigenvalue weighted by molar-refractivity contribution is 0.154. The molecule has 0 amide bonds. The van der Waals surface area contributed by atoms with Crippen LogP contribution in [0.2, 0.25) is 10.0 Å². The van der Waals surface area contributed by atoms with Gasteiger partial charge in [-0.1, -0.05) is 43.1 Å². The van der Waals surface area contributed by atoms with Crippen LogP contribution in [0, 0.1) is 5.92 Å². The second-order valence-corrected chi connectivity index (χ2v) is 6.38. The van der Waals surface area contributed by atoms with Crippen molar-refractivity contribution in [2.24, 2.45) is 5.92 Å². The van der Waals surface area contributed by atoms with Gasteiger partial charge < -0.3 is 5.32 Å². The molecule has 1 fully saturated rings. The second kappa shape index (κ2) is 6.94. The summed E-state index contributed by atoms with van der Waals surface area (Å²) in [7, 11) is 0. The highest BCUT2D eigenvalue weighted by Crippen LogP contribution is 2.37. The summed E-state index contributed by atoms with van der Waals surface area (Å²) in [6.07, 6.45) is 1.09. The van der Waals surface area contributed by atoms with E-state index in [0.717, 1.165) is 48.2 Å². The smallest absolute Gasteiger partial charge is 0.0468 e. The van der Waals surface area contributed by atoms with Gasteiger partial charge >= 0.3 is 0 Å². The third kappa shape index (κ3) is 3.85. The lowest BCUT2D eigenvalue weighted by Crippen LogP contribution is -2.45. The van der Waals surface area contributed by atoms with Crippen molar-refractivity contribution in [3.8, 4) is 0 Å². The van der Waals surface area contributed by atoms with E-state index in [9.17, 15) is 0 Å². The van der Waals surface area contributed by atoms with Gasteiger partial charge in [0.2, 0.25) is 0 Å². The van der Waals surface area contributed by atoms with Crippen LogP contribution in [0.3, 0.4) is 0 Å². The molecule has 0 saturated carbocycles. The van der Waals surface area contributed by atoms with Gasteiger partial charge in [0.25, 0.3) is 0 Å². The quantitative estimate of drug-likeness (QED) is 0.904. The van der Waals surface area contributed by atoms with E-state index in [1.807, 2.05) is 18.2 Å². The van der Waals surface area contributed by atoms with Crippen LogP contribution < -0.4 is 5.32 Å². The number of halogens is 2. The standard InChI is InChI=1S/C15H22Cl2N2/c1-11(2)10-14(19-8-6-18-7-9-19)15-12(16)4-3-5-13(15)17/h3-5,11,14,18H,6-10H2,1-2H3/t14-/m0/s1. The van der Waals surface area contributed by atoms with Crippen LogP contribution in [-0.2, 0) is 0 Å². The van der Waals surface area contributed by atoms with Gasteiger partial charge in [0.1, 0.15) is 0 Å². The number of rotatable bonds is 4. The zero-order chi connectivity index (χ0) is 13.8. The molecule has 0 spiro atoms. The van der Waals surface area contributed by atoms with Crippen molar-refractivity contribution < 1.29 is 0 Å². The molecule has 2 rings (SSSR count). The summed E-state index contributed by atoms with van der Waals surface area (Å²) < 4.78 is 0. The first-order valence-electron chi connectivity index (χ1n) is 6.98. The largest absolute Gasteiger partial charge is 0.314 e. The molecule has 1 atom stereocenters. The Morgan fingerprint density at radius 2 is 1.74 bits per heavy atom. The minimum absolute atomic E-state index is 0.322. The molecule has 1 aromatic rings. The Balaban J connectivity index is 2.30. The Labute approximate surface area is 126 Å². The monoisotopic (exact) mass is 300 g/mol. The molecule has 1 saturated heterocycles. The predicted octanol–water partition coefficient (Wildman–Crippen LogP) is 3.99. The normalized spacial score (nSPS) is 18.8. The van der Waals surface area contributed by atoms with Crippen molar-refractivity contribution in [2.75, 3.05) is 26.2 Å². The minimum Gasteiger partial charge on any atom is -0.314 e. The topological polar surface area (TPSA) is 15.3 Å². The fourth-order valence-electron chi connectivity index (χ4n) is 2.72. The lowest BCUT2D eigenvalue weighted by atomic mass is 9.95. The summed E-state index contributed by atoms with van der Waals surface area (Å²) in [5, 5.41) is 4.97. The van der Waals surface area contributed by atoms with Crippen molar-refractivity contribution in [3.63, 3.8) is 0 Å². The van der Waals surface area contributed by atoms with E-state index in [1.54, 1.807) is 0 Å². The molecule has 0 aliphatic carbocycles. The molecule has 1 aliphatic rings. The number of nitrogens with zero attached hydrogens (tertiary/aromatic N) is 1. The lowest BCUT2D eigenvalue weighted by Gasteiger charge is -2.37.